The molecule has 1 heterocycles. The molecule has 1 aliphatic heterocycles. The summed E-state index contributed by atoms with van der Waals surface area (Å²) in [6.07, 6.45) is 0.945. The van der Waals surface area contributed by atoms with Gasteiger partial charge in [-0.3, -0.25) is 14.4 Å². The van der Waals surface area contributed by atoms with E-state index in [2.05, 4.69) is 12.2 Å². The molecule has 3 amide bonds. The second kappa shape index (κ2) is 8.34. The standard InChI is InChI=1S/C20H29N3O3/c1-5-15-6-8-16(9-7-15)18(25)23-12-10-22(11-13-23)17(24)14-21-19(26)20(2,3)4/h6-9H,5,10-14H2,1-4H3,(H,21,26). The minimum Gasteiger partial charge on any atom is -0.347 e. The second-order valence-corrected chi connectivity index (χ2v) is 7.66. The first kappa shape index (κ1) is 19.9. The molecule has 6 heteroatoms. The maximum atomic E-state index is 12.6. The third-order valence-electron chi connectivity index (χ3n) is 4.61. The van der Waals surface area contributed by atoms with Gasteiger partial charge < -0.3 is 15.1 Å². The number of amides is 3. The first-order valence-corrected chi connectivity index (χ1v) is 9.16. The molecule has 1 aromatic carbocycles. The highest BCUT2D eigenvalue weighted by Gasteiger charge is 2.26. The molecular weight excluding hydrogens is 330 g/mol. The average molecular weight is 359 g/mol. The molecule has 26 heavy (non-hydrogen) atoms. The fraction of sp³-hybridized carbons (Fsp3) is 0.550. The molecule has 0 atom stereocenters. The zero-order valence-corrected chi connectivity index (χ0v) is 16.2. The summed E-state index contributed by atoms with van der Waals surface area (Å²) in [5, 5.41) is 2.68. The zero-order valence-electron chi connectivity index (χ0n) is 16.2. The van der Waals surface area contributed by atoms with Crippen LogP contribution in [0.25, 0.3) is 0 Å². The van der Waals surface area contributed by atoms with E-state index >= 15 is 0 Å². The van der Waals surface area contributed by atoms with Crippen LogP contribution in [0.5, 0.6) is 0 Å². The highest BCUT2D eigenvalue weighted by Crippen LogP contribution is 2.13. The van der Waals surface area contributed by atoms with E-state index < -0.39 is 5.41 Å². The van der Waals surface area contributed by atoms with Crippen LogP contribution in [0.1, 0.15) is 43.6 Å². The molecule has 1 saturated heterocycles. The van der Waals surface area contributed by atoms with Crippen molar-refractivity contribution < 1.29 is 14.4 Å². The van der Waals surface area contributed by atoms with Crippen molar-refractivity contribution >= 4 is 17.7 Å². The summed E-state index contributed by atoms with van der Waals surface area (Å²) in [7, 11) is 0. The van der Waals surface area contributed by atoms with E-state index in [0.717, 1.165) is 6.42 Å². The smallest absolute Gasteiger partial charge is 0.253 e. The Morgan fingerprint density at radius 1 is 0.962 bits per heavy atom. The largest absolute Gasteiger partial charge is 0.347 e. The van der Waals surface area contributed by atoms with Crippen molar-refractivity contribution in [2.45, 2.75) is 34.1 Å². The predicted octanol–water partition coefficient (Wildman–Crippen LogP) is 1.70. The molecule has 0 unspecified atom stereocenters. The molecule has 1 aromatic rings. The second-order valence-electron chi connectivity index (χ2n) is 7.66. The number of hydrogen-bond acceptors (Lipinski definition) is 3. The number of nitrogens with zero attached hydrogens (tertiary/aromatic N) is 2. The van der Waals surface area contributed by atoms with Gasteiger partial charge in [0.15, 0.2) is 0 Å². The van der Waals surface area contributed by atoms with E-state index in [1.54, 1.807) is 9.80 Å². The summed E-state index contributed by atoms with van der Waals surface area (Å²) in [5.74, 6) is -0.252. The summed E-state index contributed by atoms with van der Waals surface area (Å²) in [5.41, 5.74) is 1.37. The van der Waals surface area contributed by atoms with Gasteiger partial charge in [0, 0.05) is 37.2 Å². The van der Waals surface area contributed by atoms with E-state index in [1.165, 1.54) is 5.56 Å². The third-order valence-corrected chi connectivity index (χ3v) is 4.61. The maximum Gasteiger partial charge on any atom is 0.253 e. The Balaban J connectivity index is 1.83. The molecule has 1 fully saturated rings. The van der Waals surface area contributed by atoms with E-state index in [1.807, 2.05) is 45.0 Å². The Labute approximate surface area is 155 Å². The van der Waals surface area contributed by atoms with Crippen LogP contribution in [0.3, 0.4) is 0 Å². The highest BCUT2D eigenvalue weighted by atomic mass is 16.2. The Kier molecular flexibility index (Phi) is 6.40. The normalized spacial score (nSPS) is 14.9. The molecule has 1 N–H and O–H groups in total. The number of aryl methyl sites for hydroxylation is 1. The number of carbonyl (C=O) groups excluding carboxylic acids is 3. The Bertz CT molecular complexity index is 654. The van der Waals surface area contributed by atoms with E-state index in [9.17, 15) is 14.4 Å². The number of carbonyl (C=O) groups is 3. The van der Waals surface area contributed by atoms with Crippen molar-refractivity contribution in [1.82, 2.24) is 15.1 Å². The van der Waals surface area contributed by atoms with Gasteiger partial charge >= 0.3 is 0 Å². The molecule has 6 nitrogen and oxygen atoms in total. The zero-order chi connectivity index (χ0) is 19.3. The molecule has 0 spiro atoms. The van der Waals surface area contributed by atoms with Crippen LogP contribution in [-0.2, 0) is 16.0 Å². The SMILES string of the molecule is CCc1ccc(C(=O)N2CCN(C(=O)CNC(=O)C(C)(C)C)CC2)cc1. The van der Waals surface area contributed by atoms with Crippen molar-refractivity contribution in [2.24, 2.45) is 5.41 Å². The van der Waals surface area contributed by atoms with Gasteiger partial charge in [0.1, 0.15) is 0 Å². The highest BCUT2D eigenvalue weighted by molar-refractivity contribution is 5.94. The van der Waals surface area contributed by atoms with Crippen molar-refractivity contribution in [3.05, 3.63) is 35.4 Å². The average Bonchev–Trinajstić information content (AvgIpc) is 2.64. The Morgan fingerprint density at radius 2 is 1.50 bits per heavy atom. The van der Waals surface area contributed by atoms with Crippen LogP contribution in [0.2, 0.25) is 0 Å². The number of hydrogen-bond donors (Lipinski definition) is 1. The van der Waals surface area contributed by atoms with Crippen LogP contribution in [0.4, 0.5) is 0 Å². The Hall–Kier alpha value is -2.37. The summed E-state index contributed by atoms with van der Waals surface area (Å²) in [6, 6.07) is 7.68. The molecule has 0 aliphatic carbocycles. The van der Waals surface area contributed by atoms with Crippen molar-refractivity contribution in [3.8, 4) is 0 Å². The third kappa shape index (κ3) is 5.07. The topological polar surface area (TPSA) is 69.7 Å². The lowest BCUT2D eigenvalue weighted by Crippen LogP contribution is -2.53. The fourth-order valence-corrected chi connectivity index (χ4v) is 2.76. The summed E-state index contributed by atoms with van der Waals surface area (Å²) in [6.45, 7) is 9.50. The molecule has 0 radical (unpaired) electrons. The first-order chi connectivity index (χ1) is 12.2. The molecular formula is C20H29N3O3. The van der Waals surface area contributed by atoms with Crippen LogP contribution in [0.15, 0.2) is 24.3 Å². The molecule has 0 bridgehead atoms. The molecule has 0 saturated carbocycles. The first-order valence-electron chi connectivity index (χ1n) is 9.16. The lowest BCUT2D eigenvalue weighted by atomic mass is 9.96. The van der Waals surface area contributed by atoms with Gasteiger partial charge in [0.25, 0.3) is 5.91 Å². The Morgan fingerprint density at radius 3 is 2.00 bits per heavy atom. The maximum absolute atomic E-state index is 12.6. The van der Waals surface area contributed by atoms with Crippen molar-refractivity contribution in [1.29, 1.82) is 0 Å². The number of rotatable bonds is 4. The van der Waals surface area contributed by atoms with Crippen molar-refractivity contribution in [3.63, 3.8) is 0 Å². The van der Waals surface area contributed by atoms with E-state index in [-0.39, 0.29) is 24.3 Å². The molecule has 0 aromatic heterocycles. The minimum absolute atomic E-state index is 0.000729. The van der Waals surface area contributed by atoms with Gasteiger partial charge in [-0.25, -0.2) is 0 Å². The minimum atomic E-state index is -0.515. The van der Waals surface area contributed by atoms with Crippen LogP contribution in [0, 0.1) is 5.41 Å². The van der Waals surface area contributed by atoms with Crippen LogP contribution >= 0.6 is 0 Å². The van der Waals surface area contributed by atoms with Gasteiger partial charge in [-0.05, 0) is 24.1 Å². The van der Waals surface area contributed by atoms with Crippen LogP contribution < -0.4 is 5.32 Å². The summed E-state index contributed by atoms with van der Waals surface area (Å²) in [4.78, 5) is 40.2. The van der Waals surface area contributed by atoms with Crippen molar-refractivity contribution in [2.75, 3.05) is 32.7 Å². The predicted molar refractivity (Wildman–Crippen MR) is 101 cm³/mol. The van der Waals surface area contributed by atoms with Gasteiger partial charge in [-0.1, -0.05) is 39.8 Å². The van der Waals surface area contributed by atoms with Gasteiger partial charge in [0.2, 0.25) is 11.8 Å². The molecule has 1 aliphatic rings. The number of nitrogens with one attached hydrogen (secondary N) is 1. The monoisotopic (exact) mass is 359 g/mol. The van der Waals surface area contributed by atoms with Gasteiger partial charge in [0.05, 0.1) is 6.54 Å². The summed E-state index contributed by atoms with van der Waals surface area (Å²) >= 11 is 0. The number of benzene rings is 1. The number of piperazine rings is 1. The van der Waals surface area contributed by atoms with E-state index in [4.69, 9.17) is 0 Å². The fourth-order valence-electron chi connectivity index (χ4n) is 2.76. The summed E-state index contributed by atoms with van der Waals surface area (Å²) < 4.78 is 0. The quantitative estimate of drug-likeness (QED) is 0.889. The van der Waals surface area contributed by atoms with E-state index in [0.29, 0.717) is 31.7 Å². The van der Waals surface area contributed by atoms with Crippen LogP contribution in [-0.4, -0.2) is 60.2 Å². The molecule has 142 valence electrons. The lowest BCUT2D eigenvalue weighted by molar-refractivity contribution is -0.136. The van der Waals surface area contributed by atoms with Gasteiger partial charge in [-0.15, -0.1) is 0 Å². The van der Waals surface area contributed by atoms with Gasteiger partial charge in [-0.2, -0.15) is 0 Å². The lowest BCUT2D eigenvalue weighted by Gasteiger charge is -2.35. The molecule has 2 rings (SSSR count).